The zero-order valence-corrected chi connectivity index (χ0v) is 53.2. The molecule has 10 aromatic carbocycles. The van der Waals surface area contributed by atoms with Crippen molar-refractivity contribution in [1.29, 1.82) is 15.8 Å². The van der Waals surface area contributed by atoms with Crippen LogP contribution in [-0.4, -0.2) is 24.1 Å². The fourth-order valence-corrected chi connectivity index (χ4v) is 12.4. The van der Waals surface area contributed by atoms with Crippen molar-refractivity contribution in [2.45, 2.75) is 105 Å². The summed E-state index contributed by atoms with van der Waals surface area (Å²) in [6.07, 6.45) is 0. The zero-order valence-electron chi connectivity index (χ0n) is 53.2. The summed E-state index contributed by atoms with van der Waals surface area (Å²) < 4.78 is 4.72. The van der Waals surface area contributed by atoms with Crippen molar-refractivity contribution in [3.05, 3.63) is 245 Å². The molecule has 0 N–H and O–H groups in total. The highest BCUT2D eigenvalue weighted by Gasteiger charge is 2.26. The molecule has 3 aromatic heterocycles. The molecule has 0 aliphatic carbocycles. The number of rotatable bonds is 8. The Labute approximate surface area is 527 Å². The van der Waals surface area contributed by atoms with Crippen molar-refractivity contribution in [2.75, 3.05) is 0 Å². The largest absolute Gasteiger partial charge is 0.309 e. The molecular weight excluding hydrogens is 1100 g/mol. The number of hydrogen-bond donors (Lipinski definition) is 0. The van der Waals surface area contributed by atoms with Crippen molar-refractivity contribution in [3.63, 3.8) is 0 Å². The van der Waals surface area contributed by atoms with Crippen LogP contribution in [0.2, 0.25) is 0 Å². The third-order valence-electron chi connectivity index (χ3n) is 17.6. The van der Waals surface area contributed by atoms with Crippen LogP contribution in [0.3, 0.4) is 0 Å². The summed E-state index contributed by atoms with van der Waals surface area (Å²) in [5, 5.41) is 34.9. The Balaban J connectivity index is 1.10. The maximum Gasteiger partial charge on any atom is 0.164 e. The molecule has 0 radical (unpaired) electrons. The van der Waals surface area contributed by atoms with Gasteiger partial charge in [-0.2, -0.15) is 15.8 Å². The Morgan fingerprint density at radius 2 is 0.567 bits per heavy atom. The summed E-state index contributed by atoms with van der Waals surface area (Å²) in [6.45, 7) is 27.1. The second-order valence-corrected chi connectivity index (χ2v) is 28.1. The summed E-state index contributed by atoms with van der Waals surface area (Å²) in [5.41, 5.74) is 20.2. The SMILES string of the molecule is CC(C)(C)c1ccc2c(c1)c1cc(C(C)(C)C)ccc1n2-c1cc(-c2cccc(C#N)c2)cc(-c2nc(-c3ccc(-c4ccc(C#N)cc4)cc3)nc(-c3cc(-c4cccc(C#N)c4)cc(-n4c5ccc(C(C)(C)C)cc5c5cc(C(C)(C)C)ccc54)c3)n2)c1. The van der Waals surface area contributed by atoms with Crippen LogP contribution in [0.5, 0.6) is 0 Å². The molecule has 0 spiro atoms. The van der Waals surface area contributed by atoms with Crippen LogP contribution in [0.1, 0.15) is 122 Å². The van der Waals surface area contributed by atoms with Gasteiger partial charge < -0.3 is 9.13 Å². The van der Waals surface area contributed by atoms with E-state index in [9.17, 15) is 15.8 Å². The molecule has 0 fully saturated rings. The molecule has 438 valence electrons. The van der Waals surface area contributed by atoms with Crippen LogP contribution in [0.4, 0.5) is 0 Å². The lowest BCUT2D eigenvalue weighted by Gasteiger charge is -2.19. The monoisotopic (exact) mass is 1170 g/mol. The standard InChI is InChI=1S/C82H70N8/c1-79(2,3)62-27-31-72-68(43-62)69-44-63(80(4,5)6)28-32-73(69)89(72)66-39-58(56-17-13-15-51(35-56)48-84)37-60(41-66)77-86-76(55-25-23-54(24-26-55)53-21-19-50(47-83)20-22-53)87-78(88-77)61-38-59(57-18-14-16-52(36-57)49-85)40-67(42-61)90-74-33-29-64(81(7,8)9)45-70(74)71-46-65(82(10,11)12)30-34-75(71)90/h13-46H,1-12H3. The van der Waals surface area contributed by atoms with Gasteiger partial charge in [0, 0.05) is 49.6 Å². The van der Waals surface area contributed by atoms with Crippen LogP contribution in [0.25, 0.3) is 123 Å². The van der Waals surface area contributed by atoms with E-state index in [-0.39, 0.29) is 21.7 Å². The fourth-order valence-electron chi connectivity index (χ4n) is 12.4. The Hall–Kier alpha value is -10.7. The van der Waals surface area contributed by atoms with Gasteiger partial charge in [0.05, 0.1) is 57.0 Å². The van der Waals surface area contributed by atoms with Crippen LogP contribution in [-0.2, 0) is 21.7 Å². The van der Waals surface area contributed by atoms with E-state index in [1.807, 2.05) is 72.8 Å². The van der Waals surface area contributed by atoms with Gasteiger partial charge in [-0.1, -0.05) is 168 Å². The molecule has 0 aliphatic rings. The van der Waals surface area contributed by atoms with Gasteiger partial charge in [-0.15, -0.1) is 0 Å². The number of fused-ring (bicyclic) bond motifs is 6. The number of aromatic nitrogens is 5. The lowest BCUT2D eigenvalue weighted by atomic mass is 9.85. The summed E-state index contributed by atoms with van der Waals surface area (Å²) >= 11 is 0. The molecule has 0 aliphatic heterocycles. The molecule has 0 bridgehead atoms. The third-order valence-corrected chi connectivity index (χ3v) is 17.6. The maximum atomic E-state index is 10.3. The molecule has 90 heavy (non-hydrogen) atoms. The van der Waals surface area contributed by atoms with E-state index in [1.54, 1.807) is 0 Å². The molecular formula is C82H70N8. The van der Waals surface area contributed by atoms with E-state index in [0.717, 1.165) is 83.5 Å². The number of nitriles is 3. The van der Waals surface area contributed by atoms with E-state index < -0.39 is 0 Å². The Kier molecular flexibility index (Phi) is 14.2. The topological polar surface area (TPSA) is 120 Å². The van der Waals surface area contributed by atoms with Crippen molar-refractivity contribution in [1.82, 2.24) is 24.1 Å². The fraction of sp³-hybridized carbons (Fsp3) is 0.195. The first-order valence-corrected chi connectivity index (χ1v) is 30.8. The van der Waals surface area contributed by atoms with Crippen molar-refractivity contribution < 1.29 is 0 Å². The van der Waals surface area contributed by atoms with Crippen molar-refractivity contribution in [2.24, 2.45) is 0 Å². The summed E-state index contributed by atoms with van der Waals surface area (Å²) in [4.78, 5) is 16.5. The molecule has 0 saturated heterocycles. The zero-order chi connectivity index (χ0) is 63.2. The van der Waals surface area contributed by atoms with E-state index >= 15 is 0 Å². The molecule has 8 heteroatoms. The average molecular weight is 1170 g/mol. The lowest BCUT2D eigenvalue weighted by molar-refractivity contribution is 0.590. The Morgan fingerprint density at radius 1 is 0.267 bits per heavy atom. The first-order valence-electron chi connectivity index (χ1n) is 30.8. The molecule has 13 aromatic rings. The number of hydrogen-bond acceptors (Lipinski definition) is 6. The highest BCUT2D eigenvalue weighted by Crippen LogP contribution is 2.43. The minimum absolute atomic E-state index is 0.0854. The predicted octanol–water partition coefficient (Wildman–Crippen LogP) is 20.9. The van der Waals surface area contributed by atoms with Crippen LogP contribution < -0.4 is 0 Å². The second-order valence-electron chi connectivity index (χ2n) is 28.1. The van der Waals surface area contributed by atoms with Gasteiger partial charge in [0.15, 0.2) is 17.5 Å². The van der Waals surface area contributed by atoms with Gasteiger partial charge in [0.25, 0.3) is 0 Å². The second kappa shape index (κ2) is 21.8. The van der Waals surface area contributed by atoms with E-state index in [1.165, 1.54) is 43.8 Å². The first-order chi connectivity index (χ1) is 42.9. The number of benzene rings is 10. The summed E-state index contributed by atoms with van der Waals surface area (Å²) in [5.74, 6) is 1.38. The van der Waals surface area contributed by atoms with Crippen LogP contribution >= 0.6 is 0 Å². The Bertz CT molecular complexity index is 4760. The highest BCUT2D eigenvalue weighted by molar-refractivity contribution is 6.11. The maximum absolute atomic E-state index is 10.3. The van der Waals surface area contributed by atoms with E-state index in [4.69, 9.17) is 15.0 Å². The molecule has 0 saturated carbocycles. The molecule has 0 unspecified atom stereocenters. The molecule has 8 nitrogen and oxygen atoms in total. The third kappa shape index (κ3) is 10.9. The first kappa shape index (κ1) is 58.3. The Morgan fingerprint density at radius 3 is 0.889 bits per heavy atom. The normalized spacial score (nSPS) is 12.2. The molecule has 3 heterocycles. The molecule has 13 rings (SSSR count). The van der Waals surface area contributed by atoms with E-state index in [0.29, 0.717) is 34.2 Å². The van der Waals surface area contributed by atoms with Gasteiger partial charge in [0.2, 0.25) is 0 Å². The average Bonchev–Trinajstić information content (AvgIpc) is 1.61. The quantitative estimate of drug-likeness (QED) is 0.149. The van der Waals surface area contributed by atoms with Gasteiger partial charge >= 0.3 is 0 Å². The summed E-state index contributed by atoms with van der Waals surface area (Å²) in [7, 11) is 0. The summed E-state index contributed by atoms with van der Waals surface area (Å²) in [6, 6.07) is 79.0. The van der Waals surface area contributed by atoms with Crippen molar-refractivity contribution >= 4 is 43.6 Å². The van der Waals surface area contributed by atoms with Gasteiger partial charge in [0.1, 0.15) is 0 Å². The minimum Gasteiger partial charge on any atom is -0.309 e. The van der Waals surface area contributed by atoms with Gasteiger partial charge in [-0.25, -0.2) is 15.0 Å². The highest BCUT2D eigenvalue weighted by atomic mass is 15.0. The minimum atomic E-state index is -0.0854. The predicted molar refractivity (Wildman–Crippen MR) is 370 cm³/mol. The lowest BCUT2D eigenvalue weighted by Crippen LogP contribution is -2.10. The van der Waals surface area contributed by atoms with Crippen molar-refractivity contribution in [3.8, 4) is 97.1 Å². The number of nitrogens with zero attached hydrogens (tertiary/aromatic N) is 8. The van der Waals surface area contributed by atoms with Crippen LogP contribution in [0, 0.1) is 34.0 Å². The van der Waals surface area contributed by atoms with E-state index in [2.05, 4.69) is 244 Å². The van der Waals surface area contributed by atoms with Crippen LogP contribution in [0.15, 0.2) is 206 Å². The molecule has 0 amide bonds. The van der Waals surface area contributed by atoms with Gasteiger partial charge in [-0.3, -0.25) is 0 Å². The van der Waals surface area contributed by atoms with Gasteiger partial charge in [-0.05, 0) is 199 Å². The molecule has 0 atom stereocenters. The smallest absolute Gasteiger partial charge is 0.164 e.